The van der Waals surface area contributed by atoms with Gasteiger partial charge < -0.3 is 4.74 Å². The van der Waals surface area contributed by atoms with Gasteiger partial charge in [0, 0.05) is 13.1 Å². The van der Waals surface area contributed by atoms with E-state index in [1.54, 1.807) is 18.2 Å². The Morgan fingerprint density at radius 2 is 1.70 bits per heavy atom. The molecule has 0 aromatic heterocycles. The molecule has 0 N–H and O–H groups in total. The topological polar surface area (TPSA) is 46.6 Å². The van der Waals surface area contributed by atoms with Gasteiger partial charge in [-0.2, -0.15) is 4.31 Å². The van der Waals surface area contributed by atoms with Gasteiger partial charge in [-0.1, -0.05) is 54.1 Å². The van der Waals surface area contributed by atoms with Crippen molar-refractivity contribution in [3.63, 3.8) is 0 Å². The number of nitrogens with zero attached hydrogens (tertiary/aromatic N) is 1. The van der Waals surface area contributed by atoms with E-state index in [1.165, 1.54) is 10.4 Å². The second kappa shape index (κ2) is 6.61. The minimum absolute atomic E-state index is 0.141. The van der Waals surface area contributed by atoms with Crippen LogP contribution in [0.15, 0.2) is 59.5 Å². The number of sulfonamides is 1. The molecule has 2 aromatic rings. The lowest BCUT2D eigenvalue weighted by atomic mass is 10.1. The molecule has 122 valence electrons. The molecule has 1 fully saturated rings. The highest BCUT2D eigenvalue weighted by molar-refractivity contribution is 7.89. The van der Waals surface area contributed by atoms with Crippen molar-refractivity contribution in [3.8, 4) is 0 Å². The van der Waals surface area contributed by atoms with Crippen LogP contribution in [0.5, 0.6) is 0 Å². The SMILES string of the molecule is CC1CN(S(=O)(=O)c2ccccc2Cl)CC(c2ccccc2)O1. The Kier molecular flexibility index (Phi) is 4.73. The Bertz CT molecular complexity index is 779. The summed E-state index contributed by atoms with van der Waals surface area (Å²) >= 11 is 6.08. The minimum atomic E-state index is -3.65. The molecule has 23 heavy (non-hydrogen) atoms. The Labute approximate surface area is 141 Å². The summed E-state index contributed by atoms with van der Waals surface area (Å²) in [5, 5.41) is 0.239. The maximum absolute atomic E-state index is 12.9. The molecule has 0 spiro atoms. The first-order valence-corrected chi connectivity index (χ1v) is 9.25. The fraction of sp³-hybridized carbons (Fsp3) is 0.294. The predicted octanol–water partition coefficient (Wildman–Crippen LogP) is 3.49. The first-order valence-electron chi connectivity index (χ1n) is 7.43. The van der Waals surface area contributed by atoms with Crippen LogP contribution in [0.2, 0.25) is 5.02 Å². The Balaban J connectivity index is 1.92. The molecular weight excluding hydrogens is 334 g/mol. The quantitative estimate of drug-likeness (QED) is 0.850. The van der Waals surface area contributed by atoms with Gasteiger partial charge in [0.05, 0.1) is 17.2 Å². The van der Waals surface area contributed by atoms with Crippen LogP contribution >= 0.6 is 11.6 Å². The lowest BCUT2D eigenvalue weighted by Gasteiger charge is -2.36. The molecule has 0 bridgehead atoms. The van der Waals surface area contributed by atoms with Gasteiger partial charge in [-0.05, 0) is 24.6 Å². The molecule has 0 aliphatic carbocycles. The maximum atomic E-state index is 12.9. The van der Waals surface area contributed by atoms with Crippen molar-refractivity contribution in [3.05, 3.63) is 65.2 Å². The second-order valence-corrected chi connectivity index (χ2v) is 7.91. The van der Waals surface area contributed by atoms with E-state index in [2.05, 4.69) is 0 Å². The Morgan fingerprint density at radius 1 is 1.04 bits per heavy atom. The van der Waals surface area contributed by atoms with Gasteiger partial charge in [-0.25, -0.2) is 8.42 Å². The van der Waals surface area contributed by atoms with Crippen LogP contribution in [-0.4, -0.2) is 31.9 Å². The molecule has 3 rings (SSSR count). The van der Waals surface area contributed by atoms with Gasteiger partial charge in [0.15, 0.2) is 0 Å². The monoisotopic (exact) mass is 351 g/mol. The summed E-state index contributed by atoms with van der Waals surface area (Å²) in [4.78, 5) is 0.141. The van der Waals surface area contributed by atoms with E-state index in [-0.39, 0.29) is 28.7 Å². The molecule has 1 heterocycles. The number of hydrogen-bond donors (Lipinski definition) is 0. The molecule has 1 saturated heterocycles. The summed E-state index contributed by atoms with van der Waals surface area (Å²) in [6.45, 7) is 2.48. The highest BCUT2D eigenvalue weighted by atomic mass is 35.5. The van der Waals surface area contributed by atoms with Crippen LogP contribution in [0, 0.1) is 0 Å². The normalized spacial score (nSPS) is 22.9. The van der Waals surface area contributed by atoms with Crippen molar-refractivity contribution < 1.29 is 13.2 Å². The minimum Gasteiger partial charge on any atom is -0.368 e. The van der Waals surface area contributed by atoms with Crippen LogP contribution in [0.1, 0.15) is 18.6 Å². The molecular formula is C17H18ClNO3S. The summed E-state index contributed by atoms with van der Waals surface area (Å²) in [5.74, 6) is 0. The average molecular weight is 352 g/mol. The van der Waals surface area contributed by atoms with Crippen molar-refractivity contribution in [1.82, 2.24) is 4.31 Å². The average Bonchev–Trinajstić information content (AvgIpc) is 2.55. The van der Waals surface area contributed by atoms with Crippen LogP contribution < -0.4 is 0 Å². The first kappa shape index (κ1) is 16.5. The van der Waals surface area contributed by atoms with Crippen molar-refractivity contribution >= 4 is 21.6 Å². The predicted molar refractivity (Wildman–Crippen MR) is 89.9 cm³/mol. The van der Waals surface area contributed by atoms with Gasteiger partial charge in [0.2, 0.25) is 10.0 Å². The van der Waals surface area contributed by atoms with E-state index in [0.29, 0.717) is 6.54 Å². The summed E-state index contributed by atoms with van der Waals surface area (Å²) in [6, 6.07) is 16.2. The lowest BCUT2D eigenvalue weighted by Crippen LogP contribution is -2.45. The zero-order valence-corrected chi connectivity index (χ0v) is 14.3. The van der Waals surface area contributed by atoms with Crippen LogP contribution in [0.3, 0.4) is 0 Å². The summed E-state index contributed by atoms with van der Waals surface area (Å²) in [5.41, 5.74) is 0.971. The third-order valence-corrected chi connectivity index (χ3v) is 6.18. The lowest BCUT2D eigenvalue weighted by molar-refractivity contribution is -0.0557. The van der Waals surface area contributed by atoms with Crippen molar-refractivity contribution in [2.45, 2.75) is 24.0 Å². The molecule has 0 saturated carbocycles. The van der Waals surface area contributed by atoms with Crippen LogP contribution in [0.4, 0.5) is 0 Å². The Morgan fingerprint density at radius 3 is 2.39 bits per heavy atom. The summed E-state index contributed by atoms with van der Waals surface area (Å²) in [6.07, 6.45) is -0.469. The molecule has 2 atom stereocenters. The number of ether oxygens (including phenoxy) is 1. The number of benzene rings is 2. The van der Waals surface area contributed by atoms with E-state index < -0.39 is 10.0 Å². The van der Waals surface area contributed by atoms with Crippen LogP contribution in [-0.2, 0) is 14.8 Å². The van der Waals surface area contributed by atoms with E-state index >= 15 is 0 Å². The third kappa shape index (κ3) is 3.43. The zero-order valence-electron chi connectivity index (χ0n) is 12.7. The molecule has 1 aliphatic heterocycles. The fourth-order valence-electron chi connectivity index (χ4n) is 2.75. The number of hydrogen-bond acceptors (Lipinski definition) is 3. The second-order valence-electron chi connectivity index (χ2n) is 5.60. The number of halogens is 1. The number of rotatable bonds is 3. The standard InChI is InChI=1S/C17H18ClNO3S/c1-13-11-19(12-16(22-13)14-7-3-2-4-8-14)23(20,21)17-10-6-5-9-15(17)18/h2-10,13,16H,11-12H2,1H3. The molecule has 0 amide bonds. The summed E-state index contributed by atoms with van der Waals surface area (Å²) < 4.78 is 33.2. The molecule has 6 heteroatoms. The maximum Gasteiger partial charge on any atom is 0.244 e. The van der Waals surface area contributed by atoms with Gasteiger partial charge in [-0.15, -0.1) is 0 Å². The van der Waals surface area contributed by atoms with Gasteiger partial charge in [0.25, 0.3) is 0 Å². The van der Waals surface area contributed by atoms with Crippen molar-refractivity contribution in [2.75, 3.05) is 13.1 Å². The summed E-state index contributed by atoms with van der Waals surface area (Å²) in [7, 11) is -3.65. The molecule has 0 radical (unpaired) electrons. The third-order valence-electron chi connectivity index (χ3n) is 3.85. The van der Waals surface area contributed by atoms with Crippen molar-refractivity contribution in [2.24, 2.45) is 0 Å². The molecule has 1 aliphatic rings. The van der Waals surface area contributed by atoms with E-state index in [9.17, 15) is 8.42 Å². The van der Waals surface area contributed by atoms with Gasteiger partial charge in [-0.3, -0.25) is 0 Å². The molecule has 2 aromatic carbocycles. The Hall–Kier alpha value is -1.40. The van der Waals surface area contributed by atoms with Gasteiger partial charge >= 0.3 is 0 Å². The zero-order chi connectivity index (χ0) is 16.4. The largest absolute Gasteiger partial charge is 0.368 e. The molecule has 4 nitrogen and oxygen atoms in total. The molecule has 2 unspecified atom stereocenters. The van der Waals surface area contributed by atoms with E-state index in [4.69, 9.17) is 16.3 Å². The highest BCUT2D eigenvalue weighted by Gasteiger charge is 2.35. The van der Waals surface area contributed by atoms with E-state index in [1.807, 2.05) is 37.3 Å². The van der Waals surface area contributed by atoms with Gasteiger partial charge in [0.1, 0.15) is 4.90 Å². The number of morpholine rings is 1. The van der Waals surface area contributed by atoms with Crippen molar-refractivity contribution in [1.29, 1.82) is 0 Å². The van der Waals surface area contributed by atoms with E-state index in [0.717, 1.165) is 5.56 Å². The fourth-order valence-corrected chi connectivity index (χ4v) is 4.76. The smallest absolute Gasteiger partial charge is 0.244 e. The van der Waals surface area contributed by atoms with Crippen LogP contribution in [0.25, 0.3) is 0 Å². The first-order chi connectivity index (χ1) is 11.0. The highest BCUT2D eigenvalue weighted by Crippen LogP contribution is 2.31.